The molecule has 0 aromatic carbocycles. The van der Waals surface area contributed by atoms with Crippen LogP contribution in [0.25, 0.3) is 0 Å². The van der Waals surface area contributed by atoms with Crippen LogP contribution >= 0.6 is 0 Å². The van der Waals surface area contributed by atoms with Gasteiger partial charge in [0.15, 0.2) is 0 Å². The zero-order valence-corrected chi connectivity index (χ0v) is 19.3. The summed E-state index contributed by atoms with van der Waals surface area (Å²) in [6.07, 6.45) is 13.7. The molecule has 0 nitrogen and oxygen atoms in total. The SMILES string of the molecule is C=C(C)C1CC[I-]C2C3CCC4C[C@@](C)(CC)CCC4C3CCC12C. The van der Waals surface area contributed by atoms with Crippen LogP contribution in [-0.4, -0.2) is 8.35 Å². The monoisotopic (exact) mass is 455 g/mol. The van der Waals surface area contributed by atoms with Crippen LogP contribution in [0.2, 0.25) is 0 Å². The van der Waals surface area contributed by atoms with Crippen molar-refractivity contribution in [1.29, 1.82) is 0 Å². The summed E-state index contributed by atoms with van der Waals surface area (Å²) >= 11 is 0.416. The summed E-state index contributed by atoms with van der Waals surface area (Å²) in [6, 6.07) is 0. The summed E-state index contributed by atoms with van der Waals surface area (Å²) in [7, 11) is 0. The molecule has 25 heavy (non-hydrogen) atoms. The summed E-state index contributed by atoms with van der Waals surface area (Å²) < 4.78 is 2.68. The maximum atomic E-state index is 4.42. The van der Waals surface area contributed by atoms with Gasteiger partial charge in [-0.25, -0.2) is 0 Å². The van der Waals surface area contributed by atoms with Gasteiger partial charge in [-0.1, -0.05) is 0 Å². The summed E-state index contributed by atoms with van der Waals surface area (Å²) in [5.74, 6) is 5.20. The number of fused-ring (bicyclic) bond motifs is 5. The fraction of sp³-hybridized carbons (Fsp3) is 0.917. The van der Waals surface area contributed by atoms with Crippen molar-refractivity contribution in [3.8, 4) is 0 Å². The van der Waals surface area contributed by atoms with Gasteiger partial charge < -0.3 is 0 Å². The van der Waals surface area contributed by atoms with Gasteiger partial charge in [0.05, 0.1) is 0 Å². The Morgan fingerprint density at radius 3 is 2.48 bits per heavy atom. The second kappa shape index (κ2) is 6.82. The van der Waals surface area contributed by atoms with Gasteiger partial charge in [-0.05, 0) is 0 Å². The maximum absolute atomic E-state index is 4.42. The van der Waals surface area contributed by atoms with E-state index in [1.54, 1.807) is 36.5 Å². The normalized spacial score (nSPS) is 53.0. The number of halogens is 1. The third kappa shape index (κ3) is 3.07. The van der Waals surface area contributed by atoms with Crippen molar-refractivity contribution in [3.05, 3.63) is 12.2 Å². The standard InChI is InChI=1S/C24H40I/c1-6-23(4)12-9-18-17(15-23)7-8-20-19(18)10-13-24(5)21(16(2)3)11-14-25-22(20)24/h17-22H,2,6-15H2,1,3-5H3/q-1/t17?,18?,19?,20?,21?,22?,23-,24?/m0/s1. The molecular formula is C24H40I-. The van der Waals surface area contributed by atoms with Crippen molar-refractivity contribution in [3.63, 3.8) is 0 Å². The van der Waals surface area contributed by atoms with Crippen molar-refractivity contribution < 1.29 is 21.2 Å². The Morgan fingerprint density at radius 1 is 1.00 bits per heavy atom. The molecule has 8 atom stereocenters. The molecule has 3 saturated carbocycles. The molecule has 1 aliphatic heterocycles. The van der Waals surface area contributed by atoms with Crippen molar-refractivity contribution in [2.24, 2.45) is 40.4 Å². The van der Waals surface area contributed by atoms with Crippen LogP contribution in [0.3, 0.4) is 0 Å². The van der Waals surface area contributed by atoms with Gasteiger partial charge in [0.1, 0.15) is 0 Å². The Kier molecular flexibility index (Phi) is 5.13. The molecule has 0 aromatic heterocycles. The van der Waals surface area contributed by atoms with E-state index in [-0.39, 0.29) is 0 Å². The first-order valence-electron chi connectivity index (χ1n) is 11.1. The Morgan fingerprint density at radius 2 is 1.76 bits per heavy atom. The molecule has 1 heterocycles. The molecule has 0 amide bonds. The number of rotatable bonds is 2. The van der Waals surface area contributed by atoms with E-state index in [4.69, 9.17) is 0 Å². The number of hydrogen-bond donors (Lipinski definition) is 0. The van der Waals surface area contributed by atoms with Crippen molar-refractivity contribution in [2.45, 2.75) is 89.4 Å². The molecule has 0 bridgehead atoms. The van der Waals surface area contributed by atoms with Crippen LogP contribution in [-0.2, 0) is 0 Å². The van der Waals surface area contributed by atoms with E-state index in [2.05, 4.69) is 34.3 Å². The first kappa shape index (κ1) is 18.8. The van der Waals surface area contributed by atoms with Gasteiger partial charge in [0, 0.05) is 0 Å². The van der Waals surface area contributed by atoms with E-state index in [0.29, 0.717) is 32.0 Å². The predicted molar refractivity (Wildman–Crippen MR) is 104 cm³/mol. The molecule has 4 rings (SSSR count). The van der Waals surface area contributed by atoms with Gasteiger partial charge in [-0.2, -0.15) is 0 Å². The Balaban J connectivity index is 1.55. The molecule has 0 N–H and O–H groups in total. The molecule has 1 heteroatoms. The van der Waals surface area contributed by atoms with E-state index in [0.717, 1.165) is 33.5 Å². The van der Waals surface area contributed by atoms with Gasteiger partial charge in [-0.15, -0.1) is 0 Å². The molecular weight excluding hydrogens is 415 g/mol. The summed E-state index contributed by atoms with van der Waals surface area (Å²) in [5, 5.41) is 0. The van der Waals surface area contributed by atoms with E-state index in [9.17, 15) is 0 Å². The zero-order chi connectivity index (χ0) is 17.8. The van der Waals surface area contributed by atoms with Crippen LogP contribution in [0.4, 0.5) is 0 Å². The molecule has 4 aliphatic rings. The van der Waals surface area contributed by atoms with Crippen LogP contribution in [0.15, 0.2) is 12.2 Å². The third-order valence-corrected chi connectivity index (χ3v) is 13.9. The molecule has 7 unspecified atom stereocenters. The minimum atomic E-state index is 0.416. The number of allylic oxidation sites excluding steroid dienone is 1. The van der Waals surface area contributed by atoms with Crippen LogP contribution < -0.4 is 21.2 Å². The van der Waals surface area contributed by atoms with Gasteiger partial charge in [0.2, 0.25) is 0 Å². The predicted octanol–water partition coefficient (Wildman–Crippen LogP) is 3.70. The Bertz CT molecular complexity index is 524. The second-order valence-electron chi connectivity index (χ2n) is 10.7. The molecule has 0 radical (unpaired) electrons. The molecule has 4 fully saturated rings. The van der Waals surface area contributed by atoms with Crippen molar-refractivity contribution in [1.82, 2.24) is 0 Å². The Hall–Kier alpha value is 0.470. The number of alkyl halides is 2. The quantitative estimate of drug-likeness (QED) is 0.339. The summed E-state index contributed by atoms with van der Waals surface area (Å²) in [5.41, 5.74) is 2.79. The summed E-state index contributed by atoms with van der Waals surface area (Å²) in [6.45, 7) is 14.4. The van der Waals surface area contributed by atoms with E-state index >= 15 is 0 Å². The van der Waals surface area contributed by atoms with E-state index < -0.39 is 0 Å². The van der Waals surface area contributed by atoms with Crippen molar-refractivity contribution in [2.75, 3.05) is 4.43 Å². The van der Waals surface area contributed by atoms with Gasteiger partial charge in [0.25, 0.3) is 0 Å². The second-order valence-corrected chi connectivity index (χ2v) is 14.0. The molecule has 144 valence electrons. The van der Waals surface area contributed by atoms with Crippen LogP contribution in [0.1, 0.15) is 85.5 Å². The van der Waals surface area contributed by atoms with E-state index in [1.165, 1.54) is 31.3 Å². The molecule has 1 saturated heterocycles. The van der Waals surface area contributed by atoms with Gasteiger partial charge in [-0.3, -0.25) is 0 Å². The number of hydrogen-bond acceptors (Lipinski definition) is 0. The molecule has 3 aliphatic carbocycles. The van der Waals surface area contributed by atoms with Crippen molar-refractivity contribution >= 4 is 0 Å². The molecule has 0 spiro atoms. The molecule has 0 aromatic rings. The topological polar surface area (TPSA) is 0 Å². The fourth-order valence-electron chi connectivity index (χ4n) is 7.76. The average molecular weight is 455 g/mol. The van der Waals surface area contributed by atoms with E-state index in [1.807, 2.05) is 0 Å². The minimum absolute atomic E-state index is 0.416. The third-order valence-electron chi connectivity index (χ3n) is 9.35. The first-order valence-corrected chi connectivity index (χ1v) is 13.9. The fourth-order valence-corrected chi connectivity index (χ4v) is 12.7. The van der Waals surface area contributed by atoms with Crippen LogP contribution in [0.5, 0.6) is 0 Å². The average Bonchev–Trinajstić information content (AvgIpc) is 2.59. The van der Waals surface area contributed by atoms with Gasteiger partial charge >= 0.3 is 168 Å². The van der Waals surface area contributed by atoms with Crippen LogP contribution in [0, 0.1) is 40.4 Å². The first-order chi connectivity index (χ1) is 11.9. The zero-order valence-electron chi connectivity index (χ0n) is 17.1. The Labute approximate surface area is 167 Å². The summed E-state index contributed by atoms with van der Waals surface area (Å²) in [4.78, 5) is 0.